The first-order chi connectivity index (χ1) is 16.7. The van der Waals surface area contributed by atoms with Crippen LogP contribution in [-0.4, -0.2) is 23.9 Å². The lowest BCUT2D eigenvalue weighted by Gasteiger charge is -2.55. The average molecular weight is 595 g/mol. The summed E-state index contributed by atoms with van der Waals surface area (Å²) in [7, 11) is 0. The summed E-state index contributed by atoms with van der Waals surface area (Å²) in [5, 5.41) is 0. The number of hydrogen-bond donors (Lipinski definition) is 0. The fourth-order valence-corrected chi connectivity index (χ4v) is 8.28. The first-order valence-electron chi connectivity index (χ1n) is 11.5. The molecule has 0 aromatic heterocycles. The Balaban J connectivity index is 1.53. The van der Waals surface area contributed by atoms with Gasteiger partial charge in [0.25, 0.3) is 0 Å². The molecular weight excluding hydrogens is 574 g/mol. The van der Waals surface area contributed by atoms with E-state index in [9.17, 15) is 14.4 Å². The van der Waals surface area contributed by atoms with Crippen molar-refractivity contribution in [1.29, 1.82) is 0 Å². The zero-order valence-electron chi connectivity index (χ0n) is 19.0. The van der Waals surface area contributed by atoms with Gasteiger partial charge >= 0.3 is 5.97 Å². The molecule has 2 bridgehead atoms. The smallest absolute Gasteiger partial charge is 0.338 e. The SMILES string of the molecule is CC(C)OC(=O)c1cccc(N2C(=O)[C@@H]3[C@H](C2=O)C2(Br)c4ccccc4C3(Br)c3ccccc32)c1. The molecule has 7 rings (SSSR count). The molecule has 0 unspecified atom stereocenters. The summed E-state index contributed by atoms with van der Waals surface area (Å²) in [4.78, 5) is 42.0. The maximum Gasteiger partial charge on any atom is 0.338 e. The van der Waals surface area contributed by atoms with Crippen molar-refractivity contribution in [3.8, 4) is 0 Å². The van der Waals surface area contributed by atoms with Gasteiger partial charge in [-0.25, -0.2) is 9.69 Å². The molecule has 1 saturated heterocycles. The summed E-state index contributed by atoms with van der Waals surface area (Å²) >= 11 is 8.00. The highest BCUT2D eigenvalue weighted by molar-refractivity contribution is 9.10. The highest BCUT2D eigenvalue weighted by Crippen LogP contribution is 2.70. The maximum atomic E-state index is 14.1. The number of alkyl halides is 2. The summed E-state index contributed by atoms with van der Waals surface area (Å²) in [5.41, 5.74) is 4.59. The molecular formula is C28H21Br2NO4. The van der Waals surface area contributed by atoms with Crippen molar-refractivity contribution >= 4 is 55.3 Å². The molecule has 0 radical (unpaired) electrons. The first-order valence-corrected chi connectivity index (χ1v) is 13.1. The van der Waals surface area contributed by atoms with Crippen LogP contribution in [0.3, 0.4) is 0 Å². The van der Waals surface area contributed by atoms with E-state index >= 15 is 0 Å². The van der Waals surface area contributed by atoms with Gasteiger partial charge in [0.05, 0.1) is 37.8 Å². The zero-order chi connectivity index (χ0) is 24.7. The molecule has 0 spiro atoms. The van der Waals surface area contributed by atoms with E-state index in [-0.39, 0.29) is 17.9 Å². The van der Waals surface area contributed by atoms with Gasteiger partial charge in [-0.1, -0.05) is 86.5 Å². The Bertz CT molecular complexity index is 1310. The van der Waals surface area contributed by atoms with E-state index in [4.69, 9.17) is 4.74 Å². The molecule has 2 amide bonds. The van der Waals surface area contributed by atoms with Crippen LogP contribution in [0.4, 0.5) is 5.69 Å². The van der Waals surface area contributed by atoms with E-state index in [0.717, 1.165) is 22.3 Å². The van der Waals surface area contributed by atoms with Gasteiger partial charge in [-0.2, -0.15) is 0 Å². The fourth-order valence-electron chi connectivity index (χ4n) is 5.98. The molecule has 5 nitrogen and oxygen atoms in total. The molecule has 3 aromatic rings. The molecule has 1 heterocycles. The van der Waals surface area contributed by atoms with Gasteiger partial charge in [-0.3, -0.25) is 9.59 Å². The molecule has 3 aromatic carbocycles. The van der Waals surface area contributed by atoms with Gasteiger partial charge < -0.3 is 4.74 Å². The highest BCUT2D eigenvalue weighted by atomic mass is 79.9. The van der Waals surface area contributed by atoms with Crippen LogP contribution in [0.5, 0.6) is 0 Å². The summed E-state index contributed by atoms with van der Waals surface area (Å²) in [6.07, 6.45) is -0.279. The standard InChI is InChI=1S/C28H21Br2NO4/c1-15(2)35-26(34)16-8-7-9-17(14-16)31-24(32)22-23(25(31)33)28(30)19-11-4-3-10-18(19)27(22,29)20-12-5-6-13-21(20)28/h3-15,22-23H,1-2H3/t22-,23+,27?,28?. The van der Waals surface area contributed by atoms with Gasteiger partial charge in [0.1, 0.15) is 0 Å². The van der Waals surface area contributed by atoms with Gasteiger partial charge in [0.15, 0.2) is 0 Å². The Morgan fingerprint density at radius 1 is 0.800 bits per heavy atom. The fraction of sp³-hybridized carbons (Fsp3) is 0.250. The predicted octanol–water partition coefficient (Wildman–Crippen LogP) is 5.66. The van der Waals surface area contributed by atoms with Crippen molar-refractivity contribution < 1.29 is 19.1 Å². The van der Waals surface area contributed by atoms with Crippen LogP contribution < -0.4 is 4.90 Å². The summed E-state index contributed by atoms with van der Waals surface area (Å²) in [6.45, 7) is 3.55. The average Bonchev–Trinajstić information content (AvgIpc) is 3.13. The highest BCUT2D eigenvalue weighted by Gasteiger charge is 2.72. The van der Waals surface area contributed by atoms with E-state index in [1.807, 2.05) is 48.5 Å². The van der Waals surface area contributed by atoms with Crippen LogP contribution >= 0.6 is 31.9 Å². The lowest BCUT2D eigenvalue weighted by Crippen LogP contribution is -2.56. The summed E-state index contributed by atoms with van der Waals surface area (Å²) in [5.74, 6) is -2.40. The lowest BCUT2D eigenvalue weighted by atomic mass is 9.54. The first kappa shape index (κ1) is 22.7. The molecule has 4 aliphatic rings. The van der Waals surface area contributed by atoms with Gasteiger partial charge in [-0.05, 0) is 54.3 Å². The minimum atomic E-state index is -0.851. The second kappa shape index (κ2) is 7.61. The van der Waals surface area contributed by atoms with Crippen molar-refractivity contribution in [2.45, 2.75) is 28.6 Å². The number of nitrogens with zero attached hydrogens (tertiary/aromatic N) is 1. The number of imide groups is 1. The maximum absolute atomic E-state index is 14.1. The summed E-state index contributed by atoms with van der Waals surface area (Å²) in [6, 6.07) is 22.5. The minimum Gasteiger partial charge on any atom is -0.459 e. The van der Waals surface area contributed by atoms with Crippen molar-refractivity contribution in [2.75, 3.05) is 4.90 Å². The number of carbonyl (C=O) groups is 3. The molecule has 0 N–H and O–H groups in total. The molecule has 35 heavy (non-hydrogen) atoms. The van der Waals surface area contributed by atoms with Crippen molar-refractivity contribution in [3.05, 3.63) is 101 Å². The van der Waals surface area contributed by atoms with Gasteiger partial charge in [0, 0.05) is 0 Å². The largest absolute Gasteiger partial charge is 0.459 e. The molecule has 0 saturated carbocycles. The summed E-state index contributed by atoms with van der Waals surface area (Å²) < 4.78 is 3.62. The van der Waals surface area contributed by atoms with Crippen LogP contribution in [-0.2, 0) is 23.0 Å². The normalized spacial score (nSPS) is 28.1. The Hall–Kier alpha value is -2.77. The molecule has 7 heteroatoms. The van der Waals surface area contributed by atoms with Gasteiger partial charge in [-0.15, -0.1) is 0 Å². The molecule has 1 aliphatic heterocycles. The number of amides is 2. The minimum absolute atomic E-state index is 0.279. The van der Waals surface area contributed by atoms with E-state index in [2.05, 4.69) is 31.9 Å². The van der Waals surface area contributed by atoms with Crippen LogP contribution in [0, 0.1) is 11.8 Å². The number of benzene rings is 3. The van der Waals surface area contributed by atoms with Gasteiger partial charge in [0.2, 0.25) is 11.8 Å². The van der Waals surface area contributed by atoms with E-state index in [0.29, 0.717) is 11.3 Å². The van der Waals surface area contributed by atoms with Crippen LogP contribution in [0.1, 0.15) is 46.5 Å². The van der Waals surface area contributed by atoms with Crippen molar-refractivity contribution in [3.63, 3.8) is 0 Å². The number of hydrogen-bond acceptors (Lipinski definition) is 4. The van der Waals surface area contributed by atoms with Crippen LogP contribution in [0.15, 0.2) is 72.8 Å². The molecule has 2 atom stereocenters. The van der Waals surface area contributed by atoms with Crippen LogP contribution in [0.2, 0.25) is 0 Å². The Labute approximate surface area is 219 Å². The number of carbonyl (C=O) groups excluding carboxylic acids is 3. The molecule has 3 aliphatic carbocycles. The Kier molecular flexibility index (Phi) is 4.93. The number of halogens is 2. The lowest BCUT2D eigenvalue weighted by molar-refractivity contribution is -0.122. The Morgan fingerprint density at radius 3 is 1.69 bits per heavy atom. The molecule has 176 valence electrons. The second-order valence-corrected chi connectivity index (χ2v) is 12.0. The predicted molar refractivity (Wildman–Crippen MR) is 139 cm³/mol. The number of esters is 1. The Morgan fingerprint density at radius 2 is 1.26 bits per heavy atom. The van der Waals surface area contributed by atoms with Crippen LogP contribution in [0.25, 0.3) is 0 Å². The van der Waals surface area contributed by atoms with E-state index in [1.165, 1.54) is 4.90 Å². The third-order valence-electron chi connectivity index (χ3n) is 7.27. The van der Waals surface area contributed by atoms with Crippen molar-refractivity contribution in [1.82, 2.24) is 0 Å². The monoisotopic (exact) mass is 593 g/mol. The number of rotatable bonds is 3. The molecule has 1 fully saturated rings. The van der Waals surface area contributed by atoms with E-state index < -0.39 is 26.5 Å². The zero-order valence-corrected chi connectivity index (χ0v) is 22.2. The third-order valence-corrected chi connectivity index (χ3v) is 9.96. The quantitative estimate of drug-likeness (QED) is 0.223. The third kappa shape index (κ3) is 2.82. The number of ether oxygens (including phenoxy) is 1. The second-order valence-electron chi connectivity index (χ2n) is 9.49. The van der Waals surface area contributed by atoms with E-state index in [1.54, 1.807) is 38.1 Å². The van der Waals surface area contributed by atoms with Crippen molar-refractivity contribution in [2.24, 2.45) is 11.8 Å². The topological polar surface area (TPSA) is 63.7 Å². The number of anilines is 1.